The second-order valence-corrected chi connectivity index (χ2v) is 5.06. The number of nitrogens with one attached hydrogen (secondary N) is 1. The minimum absolute atomic E-state index is 0.0134. The molecular weight excluding hydrogens is 293 g/mol. The molecule has 2 rings (SSSR count). The van der Waals surface area contributed by atoms with Crippen molar-refractivity contribution in [3.63, 3.8) is 0 Å². The van der Waals surface area contributed by atoms with E-state index in [0.29, 0.717) is 0 Å². The molecular formula is C14H16FN3O4. The first-order chi connectivity index (χ1) is 10.5. The molecule has 22 heavy (non-hydrogen) atoms. The van der Waals surface area contributed by atoms with Crippen LogP contribution < -0.4 is 5.32 Å². The number of rotatable bonds is 5. The third kappa shape index (κ3) is 4.00. The Hall–Kier alpha value is -2.51. The van der Waals surface area contributed by atoms with Crippen molar-refractivity contribution in [2.75, 3.05) is 18.4 Å². The molecule has 2 amide bonds. The van der Waals surface area contributed by atoms with Gasteiger partial charge in [0.2, 0.25) is 17.6 Å². The molecule has 0 bridgehead atoms. The topological polar surface area (TPSA) is 92.6 Å². The van der Waals surface area contributed by atoms with Crippen LogP contribution >= 0.6 is 0 Å². The van der Waals surface area contributed by atoms with Gasteiger partial charge in [-0.25, -0.2) is 0 Å². The fourth-order valence-electron chi connectivity index (χ4n) is 2.30. The highest BCUT2D eigenvalue weighted by molar-refractivity contribution is 5.93. The lowest BCUT2D eigenvalue weighted by Gasteiger charge is -2.14. The van der Waals surface area contributed by atoms with Crippen molar-refractivity contribution >= 4 is 23.2 Å². The quantitative estimate of drug-likeness (QED) is 0.665. The van der Waals surface area contributed by atoms with Crippen LogP contribution in [0, 0.1) is 15.9 Å². The summed E-state index contributed by atoms with van der Waals surface area (Å²) >= 11 is 0. The molecule has 1 fully saturated rings. The number of likely N-dealkylation sites (tertiary alicyclic amines) is 1. The van der Waals surface area contributed by atoms with Crippen LogP contribution in [0.15, 0.2) is 18.2 Å². The molecule has 0 aliphatic carbocycles. The molecule has 0 radical (unpaired) electrons. The first-order valence-electron chi connectivity index (χ1n) is 6.99. The Bertz CT molecular complexity index is 600. The Labute approximate surface area is 126 Å². The van der Waals surface area contributed by atoms with Gasteiger partial charge in [0.25, 0.3) is 0 Å². The normalized spacial score (nSPS) is 14.0. The van der Waals surface area contributed by atoms with Gasteiger partial charge >= 0.3 is 5.69 Å². The van der Waals surface area contributed by atoms with Gasteiger partial charge in [-0.3, -0.25) is 19.7 Å². The van der Waals surface area contributed by atoms with Gasteiger partial charge in [0.05, 0.1) is 4.92 Å². The van der Waals surface area contributed by atoms with Crippen molar-refractivity contribution < 1.29 is 18.9 Å². The van der Waals surface area contributed by atoms with Crippen LogP contribution in [0.1, 0.15) is 25.7 Å². The van der Waals surface area contributed by atoms with Gasteiger partial charge in [0.15, 0.2) is 0 Å². The molecule has 0 aromatic heterocycles. The minimum Gasteiger partial charge on any atom is -0.343 e. The molecule has 1 aliphatic rings. The summed E-state index contributed by atoms with van der Waals surface area (Å²) in [6.07, 6.45) is 2.05. The molecule has 7 nitrogen and oxygen atoms in total. The molecule has 1 aromatic carbocycles. The third-order valence-corrected chi connectivity index (χ3v) is 3.45. The van der Waals surface area contributed by atoms with Crippen LogP contribution in [0.3, 0.4) is 0 Å². The fourth-order valence-corrected chi connectivity index (χ4v) is 2.30. The SMILES string of the molecule is O=C(CCC(=O)N1CCCC1)Nc1ccc(F)c([N+](=O)[O-])c1. The van der Waals surface area contributed by atoms with Crippen LogP contribution in [0.4, 0.5) is 15.8 Å². The lowest BCUT2D eigenvalue weighted by atomic mass is 10.2. The molecule has 1 N–H and O–H groups in total. The van der Waals surface area contributed by atoms with Crippen LogP contribution in [0.5, 0.6) is 0 Å². The standard InChI is InChI=1S/C14H16FN3O4/c15-11-4-3-10(9-12(11)18(21)22)16-13(19)5-6-14(20)17-7-1-2-8-17/h3-4,9H,1-2,5-8H2,(H,16,19). The average Bonchev–Trinajstić information content (AvgIpc) is 3.01. The highest BCUT2D eigenvalue weighted by Crippen LogP contribution is 2.21. The Morgan fingerprint density at radius 3 is 2.59 bits per heavy atom. The van der Waals surface area contributed by atoms with Gasteiger partial charge < -0.3 is 10.2 Å². The van der Waals surface area contributed by atoms with E-state index in [-0.39, 0.29) is 24.4 Å². The van der Waals surface area contributed by atoms with Gasteiger partial charge in [-0.05, 0) is 25.0 Å². The molecule has 0 spiro atoms. The van der Waals surface area contributed by atoms with E-state index in [1.54, 1.807) is 4.90 Å². The average molecular weight is 309 g/mol. The third-order valence-electron chi connectivity index (χ3n) is 3.45. The van der Waals surface area contributed by atoms with Crippen molar-refractivity contribution in [3.05, 3.63) is 34.1 Å². The van der Waals surface area contributed by atoms with Crippen molar-refractivity contribution in [2.24, 2.45) is 0 Å². The monoisotopic (exact) mass is 309 g/mol. The zero-order valence-corrected chi connectivity index (χ0v) is 11.9. The molecule has 0 saturated carbocycles. The molecule has 1 aliphatic heterocycles. The van der Waals surface area contributed by atoms with E-state index in [1.165, 1.54) is 6.07 Å². The molecule has 1 heterocycles. The van der Waals surface area contributed by atoms with E-state index in [0.717, 1.165) is 38.1 Å². The van der Waals surface area contributed by atoms with Gasteiger partial charge in [-0.2, -0.15) is 4.39 Å². The number of hydrogen-bond acceptors (Lipinski definition) is 4. The van der Waals surface area contributed by atoms with Crippen LogP contribution in [-0.2, 0) is 9.59 Å². The Morgan fingerprint density at radius 1 is 1.27 bits per heavy atom. The van der Waals surface area contributed by atoms with E-state index in [4.69, 9.17) is 0 Å². The first kappa shape index (κ1) is 15.9. The second-order valence-electron chi connectivity index (χ2n) is 5.06. The smallest absolute Gasteiger partial charge is 0.306 e. The number of anilines is 1. The molecule has 1 saturated heterocycles. The summed E-state index contributed by atoms with van der Waals surface area (Å²) in [5.41, 5.74) is -0.572. The number of amides is 2. The number of carbonyl (C=O) groups excluding carboxylic acids is 2. The maximum atomic E-state index is 13.2. The number of hydrogen-bond donors (Lipinski definition) is 1. The van der Waals surface area contributed by atoms with Gasteiger partial charge in [0, 0.05) is 37.7 Å². The van der Waals surface area contributed by atoms with E-state index in [9.17, 15) is 24.1 Å². The molecule has 8 heteroatoms. The molecule has 0 atom stereocenters. The van der Waals surface area contributed by atoms with Crippen molar-refractivity contribution in [2.45, 2.75) is 25.7 Å². The number of nitro benzene ring substituents is 1. The Kier molecular flexibility index (Phi) is 5.03. The minimum atomic E-state index is -0.966. The van der Waals surface area contributed by atoms with E-state index >= 15 is 0 Å². The summed E-state index contributed by atoms with van der Waals surface area (Å²) in [6.45, 7) is 1.45. The van der Waals surface area contributed by atoms with Gasteiger partial charge in [-0.1, -0.05) is 0 Å². The van der Waals surface area contributed by atoms with Crippen molar-refractivity contribution in [1.82, 2.24) is 4.90 Å². The van der Waals surface area contributed by atoms with Crippen molar-refractivity contribution in [1.29, 1.82) is 0 Å². The van der Waals surface area contributed by atoms with Crippen LogP contribution in [0.25, 0.3) is 0 Å². The molecule has 0 unspecified atom stereocenters. The maximum Gasteiger partial charge on any atom is 0.306 e. The number of nitro groups is 1. The summed E-state index contributed by atoms with van der Waals surface area (Å²) in [5, 5.41) is 13.1. The second kappa shape index (κ2) is 6.97. The lowest BCUT2D eigenvalue weighted by Crippen LogP contribution is -2.28. The predicted molar refractivity (Wildman–Crippen MR) is 76.7 cm³/mol. The fraction of sp³-hybridized carbons (Fsp3) is 0.429. The maximum absolute atomic E-state index is 13.2. The van der Waals surface area contributed by atoms with Crippen LogP contribution in [0.2, 0.25) is 0 Å². The number of benzene rings is 1. The lowest BCUT2D eigenvalue weighted by molar-refractivity contribution is -0.387. The van der Waals surface area contributed by atoms with E-state index in [2.05, 4.69) is 5.32 Å². The summed E-state index contributed by atoms with van der Waals surface area (Å²) in [6, 6.07) is 3.11. The summed E-state index contributed by atoms with van der Waals surface area (Å²) in [5.74, 6) is -1.47. The Balaban J connectivity index is 1.87. The summed E-state index contributed by atoms with van der Waals surface area (Å²) < 4.78 is 13.2. The summed E-state index contributed by atoms with van der Waals surface area (Å²) in [7, 11) is 0. The van der Waals surface area contributed by atoms with Gasteiger partial charge in [-0.15, -0.1) is 0 Å². The van der Waals surface area contributed by atoms with E-state index in [1.807, 2.05) is 0 Å². The van der Waals surface area contributed by atoms with Crippen molar-refractivity contribution in [3.8, 4) is 0 Å². The zero-order chi connectivity index (χ0) is 16.1. The molecule has 118 valence electrons. The van der Waals surface area contributed by atoms with Crippen LogP contribution in [-0.4, -0.2) is 34.7 Å². The zero-order valence-electron chi connectivity index (χ0n) is 11.9. The largest absolute Gasteiger partial charge is 0.343 e. The highest BCUT2D eigenvalue weighted by Gasteiger charge is 2.19. The van der Waals surface area contributed by atoms with E-state index < -0.39 is 22.3 Å². The molecule has 1 aromatic rings. The number of halogens is 1. The summed E-state index contributed by atoms with van der Waals surface area (Å²) in [4.78, 5) is 35.0. The number of nitrogens with zero attached hydrogens (tertiary/aromatic N) is 2. The highest BCUT2D eigenvalue weighted by atomic mass is 19.1. The first-order valence-corrected chi connectivity index (χ1v) is 6.99. The predicted octanol–water partition coefficient (Wildman–Crippen LogP) is 2.07. The Morgan fingerprint density at radius 2 is 1.95 bits per heavy atom. The number of carbonyl (C=O) groups is 2. The van der Waals surface area contributed by atoms with Gasteiger partial charge in [0.1, 0.15) is 0 Å².